The van der Waals surface area contributed by atoms with Crippen molar-refractivity contribution in [2.24, 2.45) is 0 Å². The largest absolute Gasteiger partial charge is 0.462 e. The van der Waals surface area contributed by atoms with Crippen LogP contribution in [0.15, 0.2) is 48.6 Å². The molecule has 0 fully saturated rings. The molecule has 0 saturated carbocycles. The number of hydrogen-bond donors (Lipinski definition) is 0. The molecule has 0 aliphatic heterocycles. The first kappa shape index (κ1) is 73.4. The minimum atomic E-state index is -0.771. The lowest BCUT2D eigenvalue weighted by Gasteiger charge is -2.18. The number of carbonyl (C=O) groups excluding carboxylic acids is 3. The number of ether oxygens (including phenoxy) is 3. The quantitative estimate of drug-likeness (QED) is 0.0261. The average molecular weight is 1070 g/mol. The molecule has 0 aromatic rings. The van der Waals surface area contributed by atoms with Gasteiger partial charge in [-0.2, -0.15) is 0 Å². The van der Waals surface area contributed by atoms with Gasteiger partial charge in [-0.15, -0.1) is 0 Å². The van der Waals surface area contributed by atoms with E-state index in [4.69, 9.17) is 14.2 Å². The molecular formula is C70H128O6. The van der Waals surface area contributed by atoms with Gasteiger partial charge in [0.15, 0.2) is 6.10 Å². The first-order chi connectivity index (χ1) is 37.5. The fraction of sp³-hybridized carbons (Fsp3) is 0.843. The lowest BCUT2D eigenvalue weighted by atomic mass is 10.0. The van der Waals surface area contributed by atoms with Gasteiger partial charge in [0.05, 0.1) is 0 Å². The maximum Gasteiger partial charge on any atom is 0.306 e. The predicted molar refractivity (Wildman–Crippen MR) is 330 cm³/mol. The first-order valence-electron chi connectivity index (χ1n) is 33.6. The van der Waals surface area contributed by atoms with Crippen molar-refractivity contribution in [3.63, 3.8) is 0 Å². The van der Waals surface area contributed by atoms with E-state index in [-0.39, 0.29) is 31.1 Å². The third kappa shape index (κ3) is 62.2. The van der Waals surface area contributed by atoms with E-state index in [0.29, 0.717) is 19.3 Å². The van der Waals surface area contributed by atoms with Crippen LogP contribution >= 0.6 is 0 Å². The highest BCUT2D eigenvalue weighted by atomic mass is 16.6. The van der Waals surface area contributed by atoms with Gasteiger partial charge in [-0.1, -0.05) is 333 Å². The van der Waals surface area contributed by atoms with E-state index in [1.54, 1.807) is 0 Å². The Morgan fingerprint density at radius 2 is 0.513 bits per heavy atom. The van der Waals surface area contributed by atoms with Crippen molar-refractivity contribution in [2.45, 2.75) is 367 Å². The van der Waals surface area contributed by atoms with E-state index >= 15 is 0 Å². The van der Waals surface area contributed by atoms with E-state index in [1.165, 1.54) is 231 Å². The highest BCUT2D eigenvalue weighted by Crippen LogP contribution is 2.18. The third-order valence-electron chi connectivity index (χ3n) is 15.1. The summed E-state index contributed by atoms with van der Waals surface area (Å²) in [6, 6.07) is 0. The van der Waals surface area contributed by atoms with E-state index in [0.717, 1.165) is 89.9 Å². The molecule has 1 unspecified atom stereocenters. The molecule has 0 radical (unpaired) electrons. The van der Waals surface area contributed by atoms with Crippen LogP contribution in [0, 0.1) is 0 Å². The Hall–Kier alpha value is -2.63. The smallest absolute Gasteiger partial charge is 0.306 e. The van der Waals surface area contributed by atoms with Crippen LogP contribution in [0.25, 0.3) is 0 Å². The topological polar surface area (TPSA) is 78.9 Å². The molecule has 0 rings (SSSR count). The average Bonchev–Trinajstić information content (AvgIpc) is 3.42. The van der Waals surface area contributed by atoms with Crippen molar-refractivity contribution < 1.29 is 28.6 Å². The number of carbonyl (C=O) groups is 3. The zero-order valence-corrected chi connectivity index (χ0v) is 51.0. The zero-order valence-electron chi connectivity index (χ0n) is 51.0. The summed E-state index contributed by atoms with van der Waals surface area (Å²) in [6.07, 6.45) is 82.0. The summed E-state index contributed by atoms with van der Waals surface area (Å²) >= 11 is 0. The molecule has 6 heteroatoms. The lowest BCUT2D eigenvalue weighted by Crippen LogP contribution is -2.30. The normalized spacial score (nSPS) is 12.3. The Morgan fingerprint density at radius 1 is 0.276 bits per heavy atom. The van der Waals surface area contributed by atoms with Crippen LogP contribution in [-0.2, 0) is 28.6 Å². The van der Waals surface area contributed by atoms with Crippen LogP contribution in [0.2, 0.25) is 0 Å². The third-order valence-corrected chi connectivity index (χ3v) is 15.1. The van der Waals surface area contributed by atoms with Gasteiger partial charge in [0.25, 0.3) is 0 Å². The fourth-order valence-corrected chi connectivity index (χ4v) is 10.1. The predicted octanol–water partition coefficient (Wildman–Crippen LogP) is 22.9. The molecule has 6 nitrogen and oxygen atoms in total. The van der Waals surface area contributed by atoms with Crippen LogP contribution < -0.4 is 0 Å². The zero-order chi connectivity index (χ0) is 55.0. The molecule has 0 aliphatic rings. The summed E-state index contributed by atoms with van der Waals surface area (Å²) in [5.41, 5.74) is 0. The molecule has 0 N–H and O–H groups in total. The molecular weight excluding hydrogens is 937 g/mol. The standard InChI is InChI=1S/C70H128O6/c1-4-7-10-13-15-17-19-21-23-25-27-29-31-32-33-34-35-36-37-39-40-42-44-46-48-50-52-54-57-60-63-69(72)75-66-67(65-74-68(71)62-59-56-12-9-6-3)76-70(73)64-61-58-55-53-51-49-47-45-43-41-38-30-28-26-24-22-20-18-16-14-11-8-5-2/h8,11,16,18,22,24,28,30,67H,4-7,9-10,12-15,17,19-21,23,25-27,29,31-66H2,1-3H3/b11-8-,18-16-,24-22-,30-28-. The summed E-state index contributed by atoms with van der Waals surface area (Å²) in [7, 11) is 0. The summed E-state index contributed by atoms with van der Waals surface area (Å²) < 4.78 is 16.8. The van der Waals surface area contributed by atoms with E-state index < -0.39 is 6.10 Å². The highest BCUT2D eigenvalue weighted by Gasteiger charge is 2.19. The molecule has 0 aromatic carbocycles. The van der Waals surface area contributed by atoms with Crippen molar-refractivity contribution in [1.29, 1.82) is 0 Å². The molecule has 0 spiro atoms. The van der Waals surface area contributed by atoms with Crippen molar-refractivity contribution >= 4 is 17.9 Å². The van der Waals surface area contributed by atoms with Gasteiger partial charge in [-0.25, -0.2) is 0 Å². The van der Waals surface area contributed by atoms with Crippen LogP contribution in [0.3, 0.4) is 0 Å². The Kier molecular flexibility index (Phi) is 62.6. The molecule has 1 atom stereocenters. The van der Waals surface area contributed by atoms with Crippen molar-refractivity contribution in [2.75, 3.05) is 13.2 Å². The Balaban J connectivity index is 3.94. The van der Waals surface area contributed by atoms with E-state index in [2.05, 4.69) is 69.4 Å². The van der Waals surface area contributed by atoms with Crippen molar-refractivity contribution in [3.05, 3.63) is 48.6 Å². The lowest BCUT2D eigenvalue weighted by molar-refractivity contribution is -0.167. The van der Waals surface area contributed by atoms with Gasteiger partial charge in [-0.05, 0) is 57.8 Å². The molecule has 0 saturated heterocycles. The van der Waals surface area contributed by atoms with Gasteiger partial charge < -0.3 is 14.2 Å². The van der Waals surface area contributed by atoms with Gasteiger partial charge in [0.1, 0.15) is 13.2 Å². The van der Waals surface area contributed by atoms with Gasteiger partial charge in [0, 0.05) is 19.3 Å². The van der Waals surface area contributed by atoms with Crippen molar-refractivity contribution in [1.82, 2.24) is 0 Å². The van der Waals surface area contributed by atoms with Crippen LogP contribution in [-0.4, -0.2) is 37.2 Å². The number of esters is 3. The molecule has 444 valence electrons. The number of rotatable bonds is 62. The number of hydrogen-bond acceptors (Lipinski definition) is 6. The summed E-state index contributed by atoms with van der Waals surface area (Å²) in [5.74, 6) is -0.870. The molecule has 0 bridgehead atoms. The second-order valence-corrected chi connectivity index (χ2v) is 22.7. The highest BCUT2D eigenvalue weighted by molar-refractivity contribution is 5.71. The second kappa shape index (κ2) is 64.9. The number of allylic oxidation sites excluding steroid dienone is 8. The Bertz CT molecular complexity index is 1310. The maximum atomic E-state index is 12.8. The van der Waals surface area contributed by atoms with Gasteiger partial charge >= 0.3 is 17.9 Å². The summed E-state index contributed by atoms with van der Waals surface area (Å²) in [5, 5.41) is 0. The molecule has 0 heterocycles. The second-order valence-electron chi connectivity index (χ2n) is 22.7. The van der Waals surface area contributed by atoms with Crippen LogP contribution in [0.1, 0.15) is 361 Å². The SMILES string of the molecule is CC/C=C\C/C=C\C/C=C\C/C=C\CCCCCCCCCCCCC(=O)OC(COC(=O)CCCCCCC)COC(=O)CCCCCCCCCCCCCCCCCCCCCCCCCCCCCCCC. The molecule has 0 amide bonds. The summed E-state index contributed by atoms with van der Waals surface area (Å²) in [6.45, 7) is 6.50. The van der Waals surface area contributed by atoms with Gasteiger partial charge in [0.2, 0.25) is 0 Å². The molecule has 76 heavy (non-hydrogen) atoms. The molecule has 0 aliphatic carbocycles. The van der Waals surface area contributed by atoms with Gasteiger partial charge in [-0.3, -0.25) is 14.4 Å². The first-order valence-corrected chi connectivity index (χ1v) is 33.6. The van der Waals surface area contributed by atoms with Crippen molar-refractivity contribution in [3.8, 4) is 0 Å². The minimum Gasteiger partial charge on any atom is -0.462 e. The maximum absolute atomic E-state index is 12.8. The Morgan fingerprint density at radius 3 is 0.803 bits per heavy atom. The summed E-state index contributed by atoms with van der Waals surface area (Å²) in [4.78, 5) is 38.0. The fourth-order valence-electron chi connectivity index (χ4n) is 10.1. The minimum absolute atomic E-state index is 0.0711. The van der Waals surface area contributed by atoms with Crippen LogP contribution in [0.5, 0.6) is 0 Å². The Labute approximate surface area is 473 Å². The van der Waals surface area contributed by atoms with E-state index in [1.807, 2.05) is 0 Å². The number of unbranched alkanes of at least 4 members (excludes halogenated alkanes) is 43. The van der Waals surface area contributed by atoms with E-state index in [9.17, 15) is 14.4 Å². The van der Waals surface area contributed by atoms with Crippen LogP contribution in [0.4, 0.5) is 0 Å². The molecule has 0 aromatic heterocycles. The monoisotopic (exact) mass is 1060 g/mol.